The standard InChI is InChI=1S/C18H23N3O3/c1-24-13-7-5-12(6-8-13)9-20-10-16-14-3-2-4-15(19-14)18(23)21(16)11-17(20)22/h5-8,14-16,19H,2-4,9-11H2,1H3/t14?,15?,16-/m1/s1. The molecule has 4 rings (SSSR count). The van der Waals surface area contributed by atoms with E-state index >= 15 is 0 Å². The number of amides is 2. The minimum atomic E-state index is -0.0825. The van der Waals surface area contributed by atoms with Crippen molar-refractivity contribution in [2.75, 3.05) is 20.2 Å². The number of hydrogen-bond acceptors (Lipinski definition) is 4. The smallest absolute Gasteiger partial charge is 0.242 e. The van der Waals surface area contributed by atoms with E-state index < -0.39 is 0 Å². The Morgan fingerprint density at radius 2 is 2.00 bits per heavy atom. The van der Waals surface area contributed by atoms with Crippen LogP contribution < -0.4 is 10.1 Å². The lowest BCUT2D eigenvalue weighted by Gasteiger charge is -2.51. The van der Waals surface area contributed by atoms with Gasteiger partial charge >= 0.3 is 0 Å². The number of hydrogen-bond donors (Lipinski definition) is 1. The van der Waals surface area contributed by atoms with Crippen molar-refractivity contribution < 1.29 is 14.3 Å². The number of piperidine rings is 1. The molecule has 128 valence electrons. The summed E-state index contributed by atoms with van der Waals surface area (Å²) >= 11 is 0. The minimum absolute atomic E-state index is 0.0374. The number of nitrogens with one attached hydrogen (secondary N) is 1. The summed E-state index contributed by atoms with van der Waals surface area (Å²) in [7, 11) is 1.64. The van der Waals surface area contributed by atoms with Crippen LogP contribution in [0.2, 0.25) is 0 Å². The number of ether oxygens (including phenoxy) is 1. The van der Waals surface area contributed by atoms with Gasteiger partial charge in [0.05, 0.1) is 19.2 Å². The second-order valence-corrected chi connectivity index (χ2v) is 6.91. The lowest BCUT2D eigenvalue weighted by molar-refractivity contribution is -0.157. The molecule has 6 nitrogen and oxygen atoms in total. The molecule has 2 unspecified atom stereocenters. The van der Waals surface area contributed by atoms with Crippen molar-refractivity contribution in [3.63, 3.8) is 0 Å². The van der Waals surface area contributed by atoms with Crippen molar-refractivity contribution in [1.82, 2.24) is 15.1 Å². The Hall–Kier alpha value is -2.08. The number of carbonyl (C=O) groups is 2. The van der Waals surface area contributed by atoms with Crippen LogP contribution in [0.1, 0.15) is 24.8 Å². The van der Waals surface area contributed by atoms with E-state index in [-0.39, 0.29) is 30.4 Å². The molecule has 1 aromatic carbocycles. The van der Waals surface area contributed by atoms with Crippen molar-refractivity contribution in [2.45, 2.75) is 43.9 Å². The van der Waals surface area contributed by atoms with Crippen molar-refractivity contribution in [3.8, 4) is 5.75 Å². The van der Waals surface area contributed by atoms with Gasteiger partial charge in [0.2, 0.25) is 11.8 Å². The summed E-state index contributed by atoms with van der Waals surface area (Å²) in [4.78, 5) is 28.8. The molecule has 2 bridgehead atoms. The molecule has 2 amide bonds. The average Bonchev–Trinajstić information content (AvgIpc) is 2.62. The Labute approximate surface area is 141 Å². The van der Waals surface area contributed by atoms with Gasteiger partial charge in [-0.25, -0.2) is 0 Å². The normalized spacial score (nSPS) is 29.5. The zero-order chi connectivity index (χ0) is 16.7. The van der Waals surface area contributed by atoms with E-state index in [0.717, 1.165) is 30.6 Å². The van der Waals surface area contributed by atoms with E-state index in [2.05, 4.69) is 5.32 Å². The van der Waals surface area contributed by atoms with Crippen LogP contribution in [0.5, 0.6) is 5.75 Å². The number of piperazine rings is 2. The van der Waals surface area contributed by atoms with Crippen molar-refractivity contribution >= 4 is 11.8 Å². The molecule has 3 atom stereocenters. The van der Waals surface area contributed by atoms with Gasteiger partial charge in [0.25, 0.3) is 0 Å². The van der Waals surface area contributed by atoms with Gasteiger partial charge in [-0.05, 0) is 37.0 Å². The van der Waals surface area contributed by atoms with Crippen LogP contribution in [0, 0.1) is 0 Å². The van der Waals surface area contributed by atoms with Gasteiger partial charge in [-0.2, -0.15) is 0 Å². The highest BCUT2D eigenvalue weighted by Crippen LogP contribution is 2.29. The van der Waals surface area contributed by atoms with E-state index in [1.165, 1.54) is 0 Å². The number of carbonyl (C=O) groups excluding carboxylic acids is 2. The second kappa shape index (κ2) is 6.09. The monoisotopic (exact) mass is 329 g/mol. The predicted molar refractivity (Wildman–Crippen MR) is 88.5 cm³/mol. The Morgan fingerprint density at radius 1 is 1.21 bits per heavy atom. The van der Waals surface area contributed by atoms with Gasteiger partial charge in [-0.1, -0.05) is 12.1 Å². The predicted octanol–water partition coefficient (Wildman–Crippen LogP) is 0.759. The van der Waals surface area contributed by atoms with Crippen LogP contribution in [0.4, 0.5) is 0 Å². The van der Waals surface area contributed by atoms with E-state index in [9.17, 15) is 9.59 Å². The minimum Gasteiger partial charge on any atom is -0.497 e. The SMILES string of the molecule is COc1ccc(CN2C[C@@H]3C4CCCC(N4)C(=O)N3CC2=O)cc1. The zero-order valence-corrected chi connectivity index (χ0v) is 13.9. The van der Waals surface area contributed by atoms with Crippen LogP contribution in [-0.4, -0.2) is 59.9 Å². The molecular formula is C18H23N3O3. The maximum absolute atomic E-state index is 12.5. The first kappa shape index (κ1) is 15.4. The Kier molecular flexibility index (Phi) is 3.92. The quantitative estimate of drug-likeness (QED) is 0.889. The van der Waals surface area contributed by atoms with Gasteiger partial charge < -0.3 is 19.9 Å². The fourth-order valence-corrected chi connectivity index (χ4v) is 4.14. The summed E-state index contributed by atoms with van der Waals surface area (Å²) in [5.74, 6) is 0.953. The summed E-state index contributed by atoms with van der Waals surface area (Å²) in [6.45, 7) is 1.41. The summed E-state index contributed by atoms with van der Waals surface area (Å²) in [6.07, 6.45) is 3.06. The molecule has 0 aromatic heterocycles. The summed E-state index contributed by atoms with van der Waals surface area (Å²) in [5, 5.41) is 3.47. The first-order chi connectivity index (χ1) is 11.7. The maximum atomic E-state index is 12.5. The molecule has 0 spiro atoms. The maximum Gasteiger partial charge on any atom is 0.242 e. The van der Waals surface area contributed by atoms with Crippen LogP contribution in [0.25, 0.3) is 0 Å². The average molecular weight is 329 g/mol. The fraction of sp³-hybridized carbons (Fsp3) is 0.556. The van der Waals surface area contributed by atoms with Crippen molar-refractivity contribution in [1.29, 1.82) is 0 Å². The number of fused-ring (bicyclic) bond motifs is 4. The second-order valence-electron chi connectivity index (χ2n) is 6.91. The molecule has 0 radical (unpaired) electrons. The van der Waals surface area contributed by atoms with Gasteiger partial charge in [-0.3, -0.25) is 9.59 Å². The number of methoxy groups -OCH3 is 1. The van der Waals surface area contributed by atoms with Crippen LogP contribution >= 0.6 is 0 Å². The van der Waals surface area contributed by atoms with Crippen molar-refractivity contribution in [3.05, 3.63) is 29.8 Å². The largest absolute Gasteiger partial charge is 0.497 e. The van der Waals surface area contributed by atoms with Gasteiger partial charge in [0.1, 0.15) is 12.3 Å². The third kappa shape index (κ3) is 2.65. The molecule has 0 saturated carbocycles. The molecule has 3 aliphatic rings. The lowest BCUT2D eigenvalue weighted by Crippen LogP contribution is -2.72. The van der Waals surface area contributed by atoms with Crippen LogP contribution in [0.15, 0.2) is 24.3 Å². The highest BCUT2D eigenvalue weighted by Gasteiger charge is 2.47. The topological polar surface area (TPSA) is 61.9 Å². The van der Waals surface area contributed by atoms with E-state index in [1.807, 2.05) is 34.1 Å². The summed E-state index contributed by atoms with van der Waals surface area (Å²) in [6, 6.07) is 8.12. The van der Waals surface area contributed by atoms with E-state index in [4.69, 9.17) is 4.74 Å². The highest BCUT2D eigenvalue weighted by molar-refractivity contribution is 5.90. The van der Waals surface area contributed by atoms with Crippen LogP contribution in [-0.2, 0) is 16.1 Å². The van der Waals surface area contributed by atoms with Crippen LogP contribution in [0.3, 0.4) is 0 Å². The van der Waals surface area contributed by atoms with Gasteiger partial charge in [-0.15, -0.1) is 0 Å². The highest BCUT2D eigenvalue weighted by atomic mass is 16.5. The zero-order valence-electron chi connectivity index (χ0n) is 13.9. The molecule has 3 heterocycles. The molecule has 24 heavy (non-hydrogen) atoms. The number of nitrogens with zero attached hydrogens (tertiary/aromatic N) is 2. The van der Waals surface area contributed by atoms with E-state index in [1.54, 1.807) is 7.11 Å². The van der Waals surface area contributed by atoms with Crippen molar-refractivity contribution in [2.24, 2.45) is 0 Å². The molecule has 6 heteroatoms. The molecule has 3 fully saturated rings. The Balaban J connectivity index is 1.49. The third-order valence-corrected chi connectivity index (χ3v) is 5.47. The third-order valence-electron chi connectivity index (χ3n) is 5.47. The Morgan fingerprint density at radius 3 is 2.75 bits per heavy atom. The number of rotatable bonds is 3. The molecular weight excluding hydrogens is 306 g/mol. The van der Waals surface area contributed by atoms with E-state index in [0.29, 0.717) is 19.1 Å². The molecule has 0 aliphatic carbocycles. The first-order valence-electron chi connectivity index (χ1n) is 8.63. The molecule has 1 aromatic rings. The Bertz CT molecular complexity index is 645. The molecule has 3 aliphatic heterocycles. The summed E-state index contributed by atoms with van der Waals surface area (Å²) in [5.41, 5.74) is 1.08. The lowest BCUT2D eigenvalue weighted by atomic mass is 9.86. The summed E-state index contributed by atoms with van der Waals surface area (Å²) < 4.78 is 5.17. The molecule has 1 N–H and O–H groups in total. The van der Waals surface area contributed by atoms with Gasteiger partial charge in [0.15, 0.2) is 0 Å². The molecule has 3 saturated heterocycles. The number of benzene rings is 1. The van der Waals surface area contributed by atoms with Gasteiger partial charge in [0, 0.05) is 19.1 Å². The first-order valence-corrected chi connectivity index (χ1v) is 8.63. The fourth-order valence-electron chi connectivity index (χ4n) is 4.14.